The van der Waals surface area contributed by atoms with Crippen LogP contribution in [-0.4, -0.2) is 15.9 Å². The van der Waals surface area contributed by atoms with E-state index in [1.807, 2.05) is 30.5 Å². The van der Waals surface area contributed by atoms with Gasteiger partial charge in [-0.1, -0.05) is 6.07 Å². The standard InChI is InChI=1S/C13H11N3O/c17-13(12-5-2-7-14-12)16-11-4-1-3-10-9(11)6-8-15-10/h1-8,14-15H,(H,16,17). The van der Waals surface area contributed by atoms with Crippen LogP contribution in [-0.2, 0) is 0 Å². The van der Waals surface area contributed by atoms with Crippen molar-refractivity contribution < 1.29 is 4.79 Å². The Bertz CT molecular complexity index is 652. The molecular weight excluding hydrogens is 214 g/mol. The maximum absolute atomic E-state index is 11.9. The highest BCUT2D eigenvalue weighted by molar-refractivity contribution is 6.07. The van der Waals surface area contributed by atoms with Crippen molar-refractivity contribution in [2.24, 2.45) is 0 Å². The first kappa shape index (κ1) is 9.72. The zero-order valence-electron chi connectivity index (χ0n) is 9.03. The first-order chi connectivity index (χ1) is 8.34. The lowest BCUT2D eigenvalue weighted by Gasteiger charge is -2.05. The van der Waals surface area contributed by atoms with E-state index in [-0.39, 0.29) is 5.91 Å². The molecule has 0 unspecified atom stereocenters. The van der Waals surface area contributed by atoms with E-state index >= 15 is 0 Å². The molecule has 2 heterocycles. The summed E-state index contributed by atoms with van der Waals surface area (Å²) in [4.78, 5) is 17.9. The Morgan fingerprint density at radius 1 is 1.00 bits per heavy atom. The third kappa shape index (κ3) is 1.69. The van der Waals surface area contributed by atoms with Gasteiger partial charge in [0, 0.05) is 23.3 Å². The van der Waals surface area contributed by atoms with E-state index < -0.39 is 0 Å². The average molecular weight is 225 g/mol. The van der Waals surface area contributed by atoms with Gasteiger partial charge in [-0.3, -0.25) is 4.79 Å². The number of carbonyl (C=O) groups is 1. The summed E-state index contributed by atoms with van der Waals surface area (Å²) >= 11 is 0. The predicted molar refractivity (Wildman–Crippen MR) is 67.0 cm³/mol. The first-order valence-corrected chi connectivity index (χ1v) is 5.35. The molecule has 17 heavy (non-hydrogen) atoms. The van der Waals surface area contributed by atoms with E-state index in [4.69, 9.17) is 0 Å². The third-order valence-electron chi connectivity index (χ3n) is 2.69. The molecule has 0 fully saturated rings. The fourth-order valence-electron chi connectivity index (χ4n) is 1.86. The van der Waals surface area contributed by atoms with Crippen molar-refractivity contribution in [3.05, 3.63) is 54.5 Å². The van der Waals surface area contributed by atoms with Gasteiger partial charge in [0.1, 0.15) is 5.69 Å². The zero-order chi connectivity index (χ0) is 11.7. The fraction of sp³-hybridized carbons (Fsp3) is 0. The number of amides is 1. The van der Waals surface area contributed by atoms with Crippen LogP contribution in [0.3, 0.4) is 0 Å². The molecule has 0 atom stereocenters. The molecule has 2 aromatic heterocycles. The molecule has 4 heteroatoms. The highest BCUT2D eigenvalue weighted by atomic mass is 16.1. The van der Waals surface area contributed by atoms with Crippen LogP contribution in [0.4, 0.5) is 5.69 Å². The first-order valence-electron chi connectivity index (χ1n) is 5.35. The Labute approximate surface area is 97.7 Å². The van der Waals surface area contributed by atoms with Crippen LogP contribution in [0, 0.1) is 0 Å². The van der Waals surface area contributed by atoms with Crippen molar-refractivity contribution in [3.8, 4) is 0 Å². The summed E-state index contributed by atoms with van der Waals surface area (Å²) in [6, 6.07) is 11.2. The molecule has 1 aromatic carbocycles. The summed E-state index contributed by atoms with van der Waals surface area (Å²) < 4.78 is 0. The van der Waals surface area contributed by atoms with E-state index in [1.165, 1.54) is 0 Å². The smallest absolute Gasteiger partial charge is 0.272 e. The van der Waals surface area contributed by atoms with E-state index in [9.17, 15) is 4.79 Å². The second-order valence-electron chi connectivity index (χ2n) is 3.78. The van der Waals surface area contributed by atoms with Crippen molar-refractivity contribution >= 4 is 22.5 Å². The minimum Gasteiger partial charge on any atom is -0.361 e. The van der Waals surface area contributed by atoms with Gasteiger partial charge in [0.05, 0.1) is 5.69 Å². The van der Waals surface area contributed by atoms with Crippen molar-refractivity contribution in [1.82, 2.24) is 9.97 Å². The SMILES string of the molecule is O=C(Nc1cccc2[nH]ccc12)c1ccc[nH]1. The van der Waals surface area contributed by atoms with Crippen LogP contribution in [0.1, 0.15) is 10.5 Å². The number of hydrogen-bond donors (Lipinski definition) is 3. The Kier molecular flexibility index (Phi) is 2.19. The zero-order valence-corrected chi connectivity index (χ0v) is 9.03. The lowest BCUT2D eigenvalue weighted by Crippen LogP contribution is -2.12. The molecule has 0 aliphatic carbocycles. The van der Waals surface area contributed by atoms with Gasteiger partial charge in [-0.15, -0.1) is 0 Å². The molecule has 4 nitrogen and oxygen atoms in total. The lowest BCUT2D eigenvalue weighted by atomic mass is 10.2. The molecule has 0 aliphatic heterocycles. The molecule has 0 bridgehead atoms. The molecule has 0 saturated carbocycles. The Morgan fingerprint density at radius 3 is 2.76 bits per heavy atom. The second kappa shape index (κ2) is 3.83. The minimum absolute atomic E-state index is 0.135. The van der Waals surface area contributed by atoms with Crippen LogP contribution in [0.15, 0.2) is 48.8 Å². The number of H-pyrrole nitrogens is 2. The Morgan fingerprint density at radius 2 is 1.94 bits per heavy atom. The maximum Gasteiger partial charge on any atom is 0.272 e. The Hall–Kier alpha value is -2.49. The van der Waals surface area contributed by atoms with Crippen molar-refractivity contribution in [2.45, 2.75) is 0 Å². The van der Waals surface area contributed by atoms with E-state index in [1.54, 1.807) is 18.3 Å². The molecule has 3 rings (SSSR count). The number of rotatable bonds is 2. The number of fused-ring (bicyclic) bond motifs is 1. The van der Waals surface area contributed by atoms with Gasteiger partial charge >= 0.3 is 0 Å². The van der Waals surface area contributed by atoms with Crippen LogP contribution in [0.5, 0.6) is 0 Å². The van der Waals surface area contributed by atoms with Gasteiger partial charge in [-0.25, -0.2) is 0 Å². The summed E-state index contributed by atoms with van der Waals surface area (Å²) in [5.41, 5.74) is 2.37. The number of nitrogens with one attached hydrogen (secondary N) is 3. The average Bonchev–Trinajstić information content (AvgIpc) is 3.00. The van der Waals surface area contributed by atoms with Gasteiger partial charge in [-0.2, -0.15) is 0 Å². The molecule has 1 amide bonds. The molecule has 3 aromatic rings. The molecule has 0 spiro atoms. The topological polar surface area (TPSA) is 60.7 Å². The monoisotopic (exact) mass is 225 g/mol. The summed E-state index contributed by atoms with van der Waals surface area (Å²) in [5.74, 6) is -0.135. The number of carbonyl (C=O) groups excluding carboxylic acids is 1. The second-order valence-corrected chi connectivity index (χ2v) is 3.78. The molecule has 84 valence electrons. The van der Waals surface area contributed by atoms with Gasteiger partial charge < -0.3 is 15.3 Å². The van der Waals surface area contributed by atoms with Gasteiger partial charge in [0.25, 0.3) is 5.91 Å². The van der Waals surface area contributed by atoms with Gasteiger partial charge in [0.2, 0.25) is 0 Å². The number of hydrogen-bond acceptors (Lipinski definition) is 1. The predicted octanol–water partition coefficient (Wildman–Crippen LogP) is 2.75. The van der Waals surface area contributed by atoms with Crippen molar-refractivity contribution in [2.75, 3.05) is 5.32 Å². The van der Waals surface area contributed by atoms with E-state index in [0.717, 1.165) is 16.6 Å². The highest BCUT2D eigenvalue weighted by Crippen LogP contribution is 2.22. The van der Waals surface area contributed by atoms with Crippen LogP contribution < -0.4 is 5.32 Å². The molecular formula is C13H11N3O. The lowest BCUT2D eigenvalue weighted by molar-refractivity contribution is 0.102. The van der Waals surface area contributed by atoms with Crippen LogP contribution in [0.2, 0.25) is 0 Å². The number of benzene rings is 1. The summed E-state index contributed by atoms with van der Waals surface area (Å²) in [6.45, 7) is 0. The molecule has 3 N–H and O–H groups in total. The molecule has 0 aliphatic rings. The number of aromatic nitrogens is 2. The van der Waals surface area contributed by atoms with Gasteiger partial charge in [-0.05, 0) is 30.3 Å². The van der Waals surface area contributed by atoms with E-state index in [0.29, 0.717) is 5.69 Å². The summed E-state index contributed by atoms with van der Waals surface area (Å²) in [6.07, 6.45) is 3.58. The minimum atomic E-state index is -0.135. The maximum atomic E-state index is 11.9. The van der Waals surface area contributed by atoms with E-state index in [2.05, 4.69) is 15.3 Å². The highest BCUT2D eigenvalue weighted by Gasteiger charge is 2.08. The number of aromatic amines is 2. The number of anilines is 1. The fourth-order valence-corrected chi connectivity index (χ4v) is 1.86. The summed E-state index contributed by atoms with van der Waals surface area (Å²) in [5, 5.41) is 3.89. The normalized spacial score (nSPS) is 10.6. The van der Waals surface area contributed by atoms with Crippen molar-refractivity contribution in [1.29, 1.82) is 0 Å². The molecule has 0 saturated heterocycles. The largest absolute Gasteiger partial charge is 0.361 e. The molecule has 0 radical (unpaired) electrons. The van der Waals surface area contributed by atoms with Crippen LogP contribution >= 0.6 is 0 Å². The van der Waals surface area contributed by atoms with Gasteiger partial charge in [0.15, 0.2) is 0 Å². The van der Waals surface area contributed by atoms with Crippen molar-refractivity contribution in [3.63, 3.8) is 0 Å². The Balaban J connectivity index is 1.95. The quantitative estimate of drug-likeness (QED) is 0.617. The van der Waals surface area contributed by atoms with Crippen LogP contribution in [0.25, 0.3) is 10.9 Å². The summed E-state index contributed by atoms with van der Waals surface area (Å²) in [7, 11) is 0. The third-order valence-corrected chi connectivity index (χ3v) is 2.69.